The third-order valence-corrected chi connectivity index (χ3v) is 3.76. The number of halogens is 2. The fraction of sp³-hybridized carbons (Fsp3) is 0.222. The number of hydrogen-bond donors (Lipinski definition) is 1. The third-order valence-electron chi connectivity index (χ3n) is 3.45. The summed E-state index contributed by atoms with van der Waals surface area (Å²) >= 11 is 5.83. The van der Waals surface area contributed by atoms with Gasteiger partial charge in [-0.15, -0.1) is 0 Å². The van der Waals surface area contributed by atoms with Gasteiger partial charge in [-0.2, -0.15) is 0 Å². The van der Waals surface area contributed by atoms with Crippen molar-refractivity contribution in [2.24, 2.45) is 0 Å². The molecule has 1 atom stereocenters. The molecule has 0 aliphatic heterocycles. The summed E-state index contributed by atoms with van der Waals surface area (Å²) < 4.78 is 18.0. The average molecular weight is 350 g/mol. The maximum atomic E-state index is 13.0. The van der Waals surface area contributed by atoms with Crippen LogP contribution < -0.4 is 5.32 Å². The van der Waals surface area contributed by atoms with Crippen LogP contribution in [0.4, 0.5) is 10.1 Å². The van der Waals surface area contributed by atoms with E-state index >= 15 is 0 Å². The Bertz CT molecular complexity index is 721. The van der Waals surface area contributed by atoms with Crippen molar-refractivity contribution in [3.63, 3.8) is 0 Å². The molecule has 2 aromatic rings. The van der Waals surface area contributed by atoms with Crippen LogP contribution in [-0.2, 0) is 14.3 Å². The Labute approximate surface area is 144 Å². The minimum atomic E-state index is -0.542. The number of benzene rings is 2. The molecule has 0 saturated heterocycles. The van der Waals surface area contributed by atoms with Gasteiger partial charge in [0.05, 0.1) is 16.6 Å². The Morgan fingerprint density at radius 3 is 2.54 bits per heavy atom. The monoisotopic (exact) mass is 349 g/mol. The van der Waals surface area contributed by atoms with Crippen LogP contribution in [0.25, 0.3) is 0 Å². The Morgan fingerprint density at radius 2 is 1.92 bits per heavy atom. The molecule has 4 nitrogen and oxygen atoms in total. The van der Waals surface area contributed by atoms with E-state index in [-0.39, 0.29) is 10.7 Å². The highest BCUT2D eigenvalue weighted by Crippen LogP contribution is 2.23. The molecular weight excluding hydrogens is 333 g/mol. The Kier molecular flexibility index (Phi) is 6.32. The second-order valence-corrected chi connectivity index (χ2v) is 5.56. The number of amides is 1. The summed E-state index contributed by atoms with van der Waals surface area (Å²) in [6, 6.07) is 12.8. The summed E-state index contributed by atoms with van der Waals surface area (Å²) in [4.78, 5) is 24.0. The zero-order valence-corrected chi connectivity index (χ0v) is 13.8. The average Bonchev–Trinajstić information content (AvgIpc) is 2.57. The van der Waals surface area contributed by atoms with Crippen LogP contribution in [0, 0.1) is 5.82 Å². The third kappa shape index (κ3) is 4.80. The number of esters is 1. The highest BCUT2D eigenvalue weighted by Gasteiger charge is 2.21. The normalized spacial score (nSPS) is 11.6. The summed E-state index contributed by atoms with van der Waals surface area (Å²) in [5, 5.41) is 2.55. The van der Waals surface area contributed by atoms with Crippen molar-refractivity contribution in [1.29, 1.82) is 0 Å². The van der Waals surface area contributed by atoms with Crippen molar-refractivity contribution in [2.45, 2.75) is 19.3 Å². The first-order valence-corrected chi connectivity index (χ1v) is 7.85. The highest BCUT2D eigenvalue weighted by molar-refractivity contribution is 6.33. The molecule has 24 heavy (non-hydrogen) atoms. The van der Waals surface area contributed by atoms with Crippen LogP contribution in [0.1, 0.15) is 24.8 Å². The van der Waals surface area contributed by atoms with Gasteiger partial charge in [-0.05, 0) is 30.2 Å². The van der Waals surface area contributed by atoms with Gasteiger partial charge in [0.1, 0.15) is 5.82 Å². The van der Waals surface area contributed by atoms with Gasteiger partial charge in [-0.25, -0.2) is 4.39 Å². The molecule has 0 unspecified atom stereocenters. The lowest BCUT2D eigenvalue weighted by atomic mass is 9.97. The molecule has 0 heterocycles. The first-order chi connectivity index (χ1) is 11.5. The zero-order valence-electron chi connectivity index (χ0n) is 13.1. The molecule has 0 saturated carbocycles. The number of carbonyl (C=O) groups excluding carboxylic acids is 2. The molecule has 0 fully saturated rings. The van der Waals surface area contributed by atoms with E-state index in [2.05, 4.69) is 5.32 Å². The fourth-order valence-corrected chi connectivity index (χ4v) is 2.45. The fourth-order valence-electron chi connectivity index (χ4n) is 2.24. The summed E-state index contributed by atoms with van der Waals surface area (Å²) in [6.45, 7) is 1.44. The van der Waals surface area contributed by atoms with Gasteiger partial charge < -0.3 is 10.1 Å². The van der Waals surface area contributed by atoms with Crippen LogP contribution in [-0.4, -0.2) is 18.5 Å². The van der Waals surface area contributed by atoms with E-state index in [1.807, 2.05) is 37.3 Å². The van der Waals surface area contributed by atoms with Gasteiger partial charge in [0.2, 0.25) is 0 Å². The molecule has 0 radical (unpaired) electrons. The number of nitrogens with one attached hydrogen (secondary N) is 1. The molecule has 1 amide bonds. The summed E-state index contributed by atoms with van der Waals surface area (Å²) in [5.41, 5.74) is 1.10. The molecule has 0 aliphatic carbocycles. The first-order valence-electron chi connectivity index (χ1n) is 7.47. The van der Waals surface area contributed by atoms with Crippen molar-refractivity contribution < 1.29 is 18.7 Å². The summed E-state index contributed by atoms with van der Waals surface area (Å²) in [6.07, 6.45) is 0.564. The lowest BCUT2D eigenvalue weighted by molar-refractivity contribution is -0.149. The van der Waals surface area contributed by atoms with Crippen molar-refractivity contribution in [1.82, 2.24) is 0 Å². The van der Waals surface area contributed by atoms with Gasteiger partial charge in [-0.1, -0.05) is 48.9 Å². The molecule has 0 aliphatic rings. The number of carbonyl (C=O) groups is 2. The lowest BCUT2D eigenvalue weighted by Crippen LogP contribution is -2.24. The summed E-state index contributed by atoms with van der Waals surface area (Å²) in [5.74, 6) is -1.93. The predicted molar refractivity (Wildman–Crippen MR) is 90.5 cm³/mol. The van der Waals surface area contributed by atoms with Crippen molar-refractivity contribution in [2.75, 3.05) is 11.9 Å². The van der Waals surface area contributed by atoms with Crippen LogP contribution in [0.5, 0.6) is 0 Å². The maximum Gasteiger partial charge on any atom is 0.313 e. The van der Waals surface area contributed by atoms with Gasteiger partial charge >= 0.3 is 5.97 Å². The molecule has 0 bridgehead atoms. The van der Waals surface area contributed by atoms with Gasteiger partial charge in [0.25, 0.3) is 5.91 Å². The molecule has 126 valence electrons. The number of ether oxygens (including phenoxy) is 1. The predicted octanol–water partition coefficient (Wildman–Crippen LogP) is 4.15. The standard InChI is InChI=1S/C18H17ClFNO3/c1-2-14(12-6-4-3-5-7-12)18(23)24-11-17(22)21-16-9-8-13(20)10-15(16)19/h3-10,14H,2,11H2,1H3,(H,21,22)/t14-/m1/s1. The van der Waals surface area contributed by atoms with Crippen molar-refractivity contribution >= 4 is 29.2 Å². The van der Waals surface area contributed by atoms with E-state index in [0.29, 0.717) is 6.42 Å². The van der Waals surface area contributed by atoms with E-state index in [0.717, 1.165) is 11.6 Å². The van der Waals surface area contributed by atoms with Gasteiger partial charge in [0, 0.05) is 0 Å². The van der Waals surface area contributed by atoms with Crippen LogP contribution in [0.3, 0.4) is 0 Å². The Balaban J connectivity index is 1.92. The van der Waals surface area contributed by atoms with Gasteiger partial charge in [-0.3, -0.25) is 9.59 Å². The molecular formula is C18H17ClFNO3. The van der Waals surface area contributed by atoms with Crippen molar-refractivity contribution in [3.05, 3.63) is 64.9 Å². The number of rotatable bonds is 6. The lowest BCUT2D eigenvalue weighted by Gasteiger charge is -2.14. The van der Waals surface area contributed by atoms with Crippen molar-refractivity contribution in [3.8, 4) is 0 Å². The molecule has 1 N–H and O–H groups in total. The minimum absolute atomic E-state index is 0.0744. The molecule has 0 aromatic heterocycles. The zero-order chi connectivity index (χ0) is 17.5. The van der Waals surface area contributed by atoms with Gasteiger partial charge in [0.15, 0.2) is 6.61 Å². The van der Waals surface area contributed by atoms with Crippen LogP contribution in [0.2, 0.25) is 5.02 Å². The first kappa shape index (κ1) is 17.9. The SMILES string of the molecule is CC[C@@H](C(=O)OCC(=O)Nc1ccc(F)cc1Cl)c1ccccc1. The van der Waals surface area contributed by atoms with Crippen LogP contribution in [0.15, 0.2) is 48.5 Å². The molecule has 0 spiro atoms. The van der Waals surface area contributed by atoms with E-state index in [9.17, 15) is 14.0 Å². The van der Waals surface area contributed by atoms with E-state index < -0.39 is 30.2 Å². The Hall–Kier alpha value is -2.40. The highest BCUT2D eigenvalue weighted by atomic mass is 35.5. The van der Waals surface area contributed by atoms with E-state index in [1.165, 1.54) is 12.1 Å². The molecule has 6 heteroatoms. The maximum absolute atomic E-state index is 13.0. The Morgan fingerprint density at radius 1 is 1.21 bits per heavy atom. The smallest absolute Gasteiger partial charge is 0.313 e. The number of hydrogen-bond acceptors (Lipinski definition) is 3. The number of anilines is 1. The quantitative estimate of drug-likeness (QED) is 0.797. The van der Waals surface area contributed by atoms with E-state index in [4.69, 9.17) is 16.3 Å². The van der Waals surface area contributed by atoms with Crippen LogP contribution >= 0.6 is 11.6 Å². The second-order valence-electron chi connectivity index (χ2n) is 5.15. The minimum Gasteiger partial charge on any atom is -0.455 e. The largest absolute Gasteiger partial charge is 0.455 e. The topological polar surface area (TPSA) is 55.4 Å². The second kappa shape index (κ2) is 8.45. The summed E-state index contributed by atoms with van der Waals surface area (Å²) in [7, 11) is 0. The van der Waals surface area contributed by atoms with E-state index in [1.54, 1.807) is 0 Å². The molecule has 2 aromatic carbocycles. The molecule has 2 rings (SSSR count).